The molecule has 0 saturated carbocycles. The van der Waals surface area contributed by atoms with Crippen molar-refractivity contribution in [3.8, 4) is 0 Å². The number of alkyl halides is 3. The summed E-state index contributed by atoms with van der Waals surface area (Å²) in [7, 11) is 1.62. The van der Waals surface area contributed by atoms with Crippen LogP contribution in [0.2, 0.25) is 0 Å². The zero-order valence-electron chi connectivity index (χ0n) is 12.4. The second-order valence-corrected chi connectivity index (χ2v) is 5.14. The predicted molar refractivity (Wildman–Crippen MR) is 78.6 cm³/mol. The molecule has 1 aliphatic rings. The highest BCUT2D eigenvalue weighted by atomic mass is 19.4. The van der Waals surface area contributed by atoms with Crippen molar-refractivity contribution in [1.82, 2.24) is 10.6 Å². The molecule has 0 aliphatic carbocycles. The highest BCUT2D eigenvalue weighted by Gasteiger charge is 2.30. The summed E-state index contributed by atoms with van der Waals surface area (Å²) >= 11 is 0. The number of ether oxygens (including phenoxy) is 1. The van der Waals surface area contributed by atoms with Gasteiger partial charge >= 0.3 is 6.18 Å². The molecule has 1 saturated heterocycles. The monoisotopic (exact) mass is 315 g/mol. The summed E-state index contributed by atoms with van der Waals surface area (Å²) in [5.41, 5.74) is -0.0935. The molecule has 1 unspecified atom stereocenters. The van der Waals surface area contributed by atoms with Gasteiger partial charge in [0.1, 0.15) is 0 Å². The predicted octanol–water partition coefficient (Wildman–Crippen LogP) is 2.55. The first-order chi connectivity index (χ1) is 10.5. The van der Waals surface area contributed by atoms with Crippen molar-refractivity contribution in [3.05, 3.63) is 35.4 Å². The largest absolute Gasteiger partial charge is 0.416 e. The zero-order valence-corrected chi connectivity index (χ0v) is 12.4. The van der Waals surface area contributed by atoms with Crippen molar-refractivity contribution < 1.29 is 17.9 Å². The molecule has 122 valence electrons. The number of aliphatic imine (C=N–C) groups is 1. The maximum Gasteiger partial charge on any atom is 0.416 e. The fourth-order valence-corrected chi connectivity index (χ4v) is 2.28. The number of guanidine groups is 1. The molecular formula is C15H20F3N3O. The lowest BCUT2D eigenvalue weighted by atomic mass is 10.1. The topological polar surface area (TPSA) is 45.7 Å². The SMILES string of the molecule is CN=C(NCc1cccc(C(F)(F)F)c1)NCC1CCCO1. The van der Waals surface area contributed by atoms with Crippen LogP contribution in [-0.4, -0.2) is 32.3 Å². The Balaban J connectivity index is 1.85. The van der Waals surface area contributed by atoms with Gasteiger partial charge in [-0.1, -0.05) is 12.1 Å². The summed E-state index contributed by atoms with van der Waals surface area (Å²) in [4.78, 5) is 4.05. The average Bonchev–Trinajstić information content (AvgIpc) is 3.00. The molecule has 0 bridgehead atoms. The first kappa shape index (κ1) is 16.6. The first-order valence-electron chi connectivity index (χ1n) is 7.21. The molecule has 22 heavy (non-hydrogen) atoms. The van der Waals surface area contributed by atoms with Gasteiger partial charge in [0.2, 0.25) is 0 Å². The Hall–Kier alpha value is -1.76. The third-order valence-corrected chi connectivity index (χ3v) is 3.46. The minimum atomic E-state index is -4.32. The molecule has 1 fully saturated rings. The van der Waals surface area contributed by atoms with Crippen LogP contribution in [0.3, 0.4) is 0 Å². The number of hydrogen-bond donors (Lipinski definition) is 2. The summed E-state index contributed by atoms with van der Waals surface area (Å²) in [6.45, 7) is 1.69. The number of rotatable bonds is 4. The van der Waals surface area contributed by atoms with Crippen LogP contribution in [-0.2, 0) is 17.5 Å². The summed E-state index contributed by atoms with van der Waals surface area (Å²) in [5, 5.41) is 6.12. The van der Waals surface area contributed by atoms with Crippen LogP contribution < -0.4 is 10.6 Å². The van der Waals surface area contributed by atoms with E-state index in [1.807, 2.05) is 0 Å². The number of nitrogens with one attached hydrogen (secondary N) is 2. The second-order valence-electron chi connectivity index (χ2n) is 5.14. The van der Waals surface area contributed by atoms with Gasteiger partial charge in [0, 0.05) is 26.7 Å². The lowest BCUT2D eigenvalue weighted by Gasteiger charge is -2.15. The molecule has 0 amide bonds. The van der Waals surface area contributed by atoms with E-state index in [9.17, 15) is 13.2 Å². The van der Waals surface area contributed by atoms with Crippen molar-refractivity contribution in [2.24, 2.45) is 4.99 Å². The van der Waals surface area contributed by atoms with Crippen molar-refractivity contribution in [1.29, 1.82) is 0 Å². The Bertz CT molecular complexity index is 511. The molecular weight excluding hydrogens is 295 g/mol. The lowest BCUT2D eigenvalue weighted by Crippen LogP contribution is -2.40. The molecule has 2 N–H and O–H groups in total. The molecule has 1 heterocycles. The lowest BCUT2D eigenvalue weighted by molar-refractivity contribution is -0.137. The summed E-state index contributed by atoms with van der Waals surface area (Å²) in [6.07, 6.45) is -2.08. The van der Waals surface area contributed by atoms with Crippen molar-refractivity contribution >= 4 is 5.96 Å². The number of hydrogen-bond acceptors (Lipinski definition) is 2. The fourth-order valence-electron chi connectivity index (χ4n) is 2.28. The summed E-state index contributed by atoms with van der Waals surface area (Å²) in [5.74, 6) is 0.549. The quantitative estimate of drug-likeness (QED) is 0.663. The smallest absolute Gasteiger partial charge is 0.376 e. The van der Waals surface area contributed by atoms with E-state index in [-0.39, 0.29) is 12.6 Å². The Morgan fingerprint density at radius 3 is 2.82 bits per heavy atom. The molecule has 2 rings (SSSR count). The second kappa shape index (κ2) is 7.49. The van der Waals surface area contributed by atoms with Gasteiger partial charge < -0.3 is 15.4 Å². The van der Waals surface area contributed by atoms with E-state index in [4.69, 9.17) is 4.74 Å². The molecule has 1 aliphatic heterocycles. The van der Waals surface area contributed by atoms with Crippen molar-refractivity contribution in [2.75, 3.05) is 20.2 Å². The van der Waals surface area contributed by atoms with Gasteiger partial charge in [-0.05, 0) is 30.5 Å². The average molecular weight is 315 g/mol. The van der Waals surface area contributed by atoms with Gasteiger partial charge in [0.15, 0.2) is 5.96 Å². The minimum absolute atomic E-state index is 0.173. The van der Waals surface area contributed by atoms with E-state index < -0.39 is 11.7 Å². The van der Waals surface area contributed by atoms with E-state index in [1.54, 1.807) is 13.1 Å². The van der Waals surface area contributed by atoms with Crippen LogP contribution in [0, 0.1) is 0 Å². The van der Waals surface area contributed by atoms with E-state index >= 15 is 0 Å². The number of nitrogens with zero attached hydrogens (tertiary/aromatic N) is 1. The van der Waals surface area contributed by atoms with E-state index in [2.05, 4.69) is 15.6 Å². The molecule has 1 aromatic rings. The van der Waals surface area contributed by atoms with Gasteiger partial charge in [-0.25, -0.2) is 0 Å². The van der Waals surface area contributed by atoms with Crippen LogP contribution in [0.25, 0.3) is 0 Å². The van der Waals surface area contributed by atoms with Crippen LogP contribution in [0.5, 0.6) is 0 Å². The van der Waals surface area contributed by atoms with Gasteiger partial charge in [-0.2, -0.15) is 13.2 Å². The van der Waals surface area contributed by atoms with Crippen molar-refractivity contribution in [3.63, 3.8) is 0 Å². The Morgan fingerprint density at radius 1 is 1.36 bits per heavy atom. The van der Waals surface area contributed by atoms with E-state index in [1.165, 1.54) is 6.07 Å². The number of benzene rings is 1. The maximum atomic E-state index is 12.7. The Morgan fingerprint density at radius 2 is 2.18 bits per heavy atom. The van der Waals surface area contributed by atoms with Gasteiger partial charge in [-0.3, -0.25) is 4.99 Å². The molecule has 1 aromatic carbocycles. The zero-order chi connectivity index (χ0) is 16.0. The van der Waals surface area contributed by atoms with Gasteiger partial charge in [-0.15, -0.1) is 0 Å². The molecule has 7 heteroatoms. The summed E-state index contributed by atoms with van der Waals surface area (Å²) < 4.78 is 43.5. The normalized spacial score (nSPS) is 19.3. The maximum absolute atomic E-state index is 12.7. The fraction of sp³-hybridized carbons (Fsp3) is 0.533. The van der Waals surface area contributed by atoms with E-state index in [0.29, 0.717) is 18.1 Å². The molecule has 0 spiro atoms. The third-order valence-electron chi connectivity index (χ3n) is 3.46. The highest BCUT2D eigenvalue weighted by molar-refractivity contribution is 5.79. The van der Waals surface area contributed by atoms with Gasteiger partial charge in [0.25, 0.3) is 0 Å². The highest BCUT2D eigenvalue weighted by Crippen LogP contribution is 2.29. The minimum Gasteiger partial charge on any atom is -0.376 e. The van der Waals surface area contributed by atoms with Gasteiger partial charge in [0.05, 0.1) is 11.7 Å². The molecule has 1 atom stereocenters. The van der Waals surface area contributed by atoms with Crippen molar-refractivity contribution in [2.45, 2.75) is 31.7 Å². The molecule has 0 aromatic heterocycles. The molecule has 4 nitrogen and oxygen atoms in total. The standard InChI is InChI=1S/C15H20F3N3O/c1-19-14(21-10-13-6-3-7-22-13)20-9-11-4-2-5-12(8-11)15(16,17)18/h2,4-5,8,13H,3,6-7,9-10H2,1H3,(H2,19,20,21). The summed E-state index contributed by atoms with van der Waals surface area (Å²) in [6, 6.07) is 5.26. The molecule has 0 radical (unpaired) electrons. The van der Waals surface area contributed by atoms with Crippen LogP contribution in [0.15, 0.2) is 29.3 Å². The third kappa shape index (κ3) is 4.91. The van der Waals surface area contributed by atoms with Crippen LogP contribution in [0.4, 0.5) is 13.2 Å². The Kier molecular flexibility index (Phi) is 5.65. The Labute approximate surface area is 127 Å². The first-order valence-corrected chi connectivity index (χ1v) is 7.21. The van der Waals surface area contributed by atoms with Crippen LogP contribution >= 0.6 is 0 Å². The number of halogens is 3. The van der Waals surface area contributed by atoms with Crippen LogP contribution in [0.1, 0.15) is 24.0 Å². The van der Waals surface area contributed by atoms with E-state index in [0.717, 1.165) is 31.6 Å².